The highest BCUT2D eigenvalue weighted by Crippen LogP contribution is 2.37. The van der Waals surface area contributed by atoms with E-state index in [9.17, 15) is 26.4 Å². The zero-order chi connectivity index (χ0) is 25.5. The summed E-state index contributed by atoms with van der Waals surface area (Å²) in [7, 11) is -3.90. The Balaban J connectivity index is 2.17. The smallest absolute Gasteiger partial charge is 0.352 e. The topological polar surface area (TPSA) is 66.5 Å². The van der Waals surface area contributed by atoms with E-state index in [0.29, 0.717) is 29.7 Å². The van der Waals surface area contributed by atoms with Gasteiger partial charge in [-0.05, 0) is 48.2 Å². The molecule has 2 rings (SSSR count). The fourth-order valence-corrected chi connectivity index (χ4v) is 4.60. The lowest BCUT2D eigenvalue weighted by Gasteiger charge is -2.24. The van der Waals surface area contributed by atoms with Gasteiger partial charge in [0.2, 0.25) is 10.0 Å². The summed E-state index contributed by atoms with van der Waals surface area (Å²) >= 11 is 5.66. The fourth-order valence-electron chi connectivity index (χ4n) is 3.50. The minimum absolute atomic E-state index is 0.154. The van der Waals surface area contributed by atoms with Crippen molar-refractivity contribution in [2.45, 2.75) is 52.3 Å². The van der Waals surface area contributed by atoms with Gasteiger partial charge in [-0.3, -0.25) is 9.10 Å². The quantitative estimate of drug-likeness (QED) is 0.381. The number of unbranched alkanes of at least 4 members (excludes halogenated alkanes) is 1. The third-order valence-corrected chi connectivity index (χ3v) is 7.05. The molecule has 2 aromatic carbocycles. The lowest BCUT2D eigenvalue weighted by molar-refractivity contribution is -0.137. The molecular weight excluding hydrogens is 489 g/mol. The molecule has 0 aliphatic rings. The number of hydrogen-bond donors (Lipinski definition) is 1. The Bertz CT molecular complexity index is 1070. The van der Waals surface area contributed by atoms with Gasteiger partial charge in [0.15, 0.2) is 0 Å². The molecule has 1 N–H and O–H groups in total. The van der Waals surface area contributed by atoms with Crippen LogP contribution in [0.4, 0.5) is 18.9 Å². The molecule has 0 fully saturated rings. The number of rotatable bonds is 11. The molecule has 0 aromatic heterocycles. The molecule has 1 atom stereocenters. The monoisotopic (exact) mass is 518 g/mol. The molecule has 0 radical (unpaired) electrons. The maximum Gasteiger partial charge on any atom is 0.417 e. The SMILES string of the molecule is CCCCC(CC)CNC(=O)c1ccc(CN(c2ccc(Cl)c(C(F)(F)F)c2)S(C)(=O)=O)cc1. The molecule has 0 bridgehead atoms. The van der Waals surface area contributed by atoms with Crippen molar-refractivity contribution < 1.29 is 26.4 Å². The molecular formula is C24H30ClF3N2O3S. The summed E-state index contributed by atoms with van der Waals surface area (Å²) in [5.41, 5.74) is -0.332. The van der Waals surface area contributed by atoms with E-state index < -0.39 is 26.8 Å². The lowest BCUT2D eigenvalue weighted by Crippen LogP contribution is -2.30. The number of hydrogen-bond acceptors (Lipinski definition) is 3. The van der Waals surface area contributed by atoms with Crippen LogP contribution in [0.1, 0.15) is 61.0 Å². The van der Waals surface area contributed by atoms with Gasteiger partial charge in [0.05, 0.1) is 29.1 Å². The summed E-state index contributed by atoms with van der Waals surface area (Å²) in [4.78, 5) is 12.5. The molecule has 34 heavy (non-hydrogen) atoms. The van der Waals surface area contributed by atoms with Crippen molar-refractivity contribution in [3.8, 4) is 0 Å². The highest BCUT2D eigenvalue weighted by atomic mass is 35.5. The van der Waals surface area contributed by atoms with Crippen LogP contribution in [0.3, 0.4) is 0 Å². The Hall–Kier alpha value is -2.26. The lowest BCUT2D eigenvalue weighted by atomic mass is 9.99. The van der Waals surface area contributed by atoms with Gasteiger partial charge in [-0.25, -0.2) is 8.42 Å². The Labute approximate surface area is 204 Å². The first-order valence-corrected chi connectivity index (χ1v) is 13.3. The molecule has 2 aromatic rings. The van der Waals surface area contributed by atoms with Gasteiger partial charge >= 0.3 is 6.18 Å². The summed E-state index contributed by atoms with van der Waals surface area (Å²) in [6, 6.07) is 9.28. The van der Waals surface area contributed by atoms with Crippen molar-refractivity contribution in [2.75, 3.05) is 17.1 Å². The van der Waals surface area contributed by atoms with Crippen LogP contribution in [0.15, 0.2) is 42.5 Å². The van der Waals surface area contributed by atoms with Crippen LogP contribution in [0, 0.1) is 5.92 Å². The van der Waals surface area contributed by atoms with E-state index in [4.69, 9.17) is 11.6 Å². The first-order chi connectivity index (χ1) is 15.9. The number of nitrogens with one attached hydrogen (secondary N) is 1. The van der Waals surface area contributed by atoms with E-state index in [1.54, 1.807) is 24.3 Å². The van der Waals surface area contributed by atoms with Gasteiger partial charge in [-0.2, -0.15) is 13.2 Å². The van der Waals surface area contributed by atoms with Crippen molar-refractivity contribution in [2.24, 2.45) is 5.92 Å². The van der Waals surface area contributed by atoms with Crippen LogP contribution in [-0.2, 0) is 22.7 Å². The second-order valence-corrected chi connectivity index (χ2v) is 10.6. The van der Waals surface area contributed by atoms with Gasteiger partial charge in [0.1, 0.15) is 0 Å². The second kappa shape index (κ2) is 11.9. The number of carbonyl (C=O) groups is 1. The predicted octanol–water partition coefficient (Wildman–Crippen LogP) is 6.27. The van der Waals surface area contributed by atoms with E-state index in [-0.39, 0.29) is 18.1 Å². The molecule has 0 saturated carbocycles. The third kappa shape index (κ3) is 7.91. The zero-order valence-corrected chi connectivity index (χ0v) is 21.0. The average Bonchev–Trinajstić information content (AvgIpc) is 2.77. The van der Waals surface area contributed by atoms with Crippen molar-refractivity contribution in [3.63, 3.8) is 0 Å². The number of amides is 1. The average molecular weight is 519 g/mol. The maximum absolute atomic E-state index is 13.2. The van der Waals surface area contributed by atoms with E-state index in [0.717, 1.165) is 42.3 Å². The highest BCUT2D eigenvalue weighted by molar-refractivity contribution is 7.92. The molecule has 188 valence electrons. The summed E-state index contributed by atoms with van der Waals surface area (Å²) in [5, 5.41) is 2.42. The van der Waals surface area contributed by atoms with Crippen LogP contribution in [0.25, 0.3) is 0 Å². The van der Waals surface area contributed by atoms with E-state index in [1.807, 2.05) is 0 Å². The van der Waals surface area contributed by atoms with Gasteiger partial charge in [-0.1, -0.05) is 56.8 Å². The molecule has 0 aliphatic carbocycles. The van der Waals surface area contributed by atoms with Crippen LogP contribution in [0.2, 0.25) is 5.02 Å². The highest BCUT2D eigenvalue weighted by Gasteiger charge is 2.34. The minimum Gasteiger partial charge on any atom is -0.352 e. The first-order valence-electron chi connectivity index (χ1n) is 11.1. The Morgan fingerprint density at radius 2 is 1.76 bits per heavy atom. The summed E-state index contributed by atoms with van der Waals surface area (Å²) in [6.45, 7) is 4.60. The summed E-state index contributed by atoms with van der Waals surface area (Å²) < 4.78 is 65.3. The number of sulfonamides is 1. The molecule has 10 heteroatoms. The summed E-state index contributed by atoms with van der Waals surface area (Å²) in [5.74, 6) is 0.182. The number of alkyl halides is 3. The van der Waals surface area contributed by atoms with Crippen molar-refractivity contribution in [3.05, 3.63) is 64.2 Å². The van der Waals surface area contributed by atoms with Crippen LogP contribution < -0.4 is 9.62 Å². The van der Waals surface area contributed by atoms with Crippen LogP contribution in [0.5, 0.6) is 0 Å². The number of benzene rings is 2. The number of carbonyl (C=O) groups excluding carboxylic acids is 1. The maximum atomic E-state index is 13.2. The number of anilines is 1. The Morgan fingerprint density at radius 1 is 1.12 bits per heavy atom. The Morgan fingerprint density at radius 3 is 2.29 bits per heavy atom. The molecule has 0 spiro atoms. The fraction of sp³-hybridized carbons (Fsp3) is 0.458. The van der Waals surface area contributed by atoms with E-state index >= 15 is 0 Å². The first kappa shape index (κ1) is 28.0. The van der Waals surface area contributed by atoms with Crippen LogP contribution in [-0.4, -0.2) is 27.1 Å². The molecule has 5 nitrogen and oxygen atoms in total. The number of halogens is 4. The number of nitrogens with zero attached hydrogens (tertiary/aromatic N) is 1. The third-order valence-electron chi connectivity index (χ3n) is 5.58. The van der Waals surface area contributed by atoms with Gasteiger partial charge < -0.3 is 5.32 Å². The normalized spacial score (nSPS) is 12.9. The molecule has 0 heterocycles. The van der Waals surface area contributed by atoms with E-state index in [2.05, 4.69) is 19.2 Å². The van der Waals surface area contributed by atoms with Crippen molar-refractivity contribution in [1.29, 1.82) is 0 Å². The van der Waals surface area contributed by atoms with Gasteiger partial charge in [-0.15, -0.1) is 0 Å². The molecule has 0 aliphatic heterocycles. The van der Waals surface area contributed by atoms with Gasteiger partial charge in [0, 0.05) is 12.1 Å². The molecule has 1 amide bonds. The van der Waals surface area contributed by atoms with E-state index in [1.165, 1.54) is 6.07 Å². The van der Waals surface area contributed by atoms with Crippen molar-refractivity contribution in [1.82, 2.24) is 5.32 Å². The second-order valence-electron chi connectivity index (χ2n) is 8.25. The van der Waals surface area contributed by atoms with Crippen LogP contribution >= 0.6 is 11.6 Å². The van der Waals surface area contributed by atoms with Crippen molar-refractivity contribution >= 4 is 33.2 Å². The Kier molecular flexibility index (Phi) is 9.82. The molecule has 1 unspecified atom stereocenters. The standard InChI is InChI=1S/C24H30ClF3N2O3S/c1-4-6-7-17(5-2)15-29-23(31)19-10-8-18(9-11-19)16-30(34(3,32)33)20-12-13-22(25)21(14-20)24(26,27)28/h8-14,17H,4-7,15-16H2,1-3H3,(H,29,31). The minimum atomic E-state index is -4.72. The largest absolute Gasteiger partial charge is 0.417 e. The van der Waals surface area contributed by atoms with Gasteiger partial charge in [0.25, 0.3) is 5.91 Å². The predicted molar refractivity (Wildman–Crippen MR) is 130 cm³/mol. The summed E-state index contributed by atoms with van der Waals surface area (Å²) in [6.07, 6.45) is 0.426. The zero-order valence-electron chi connectivity index (χ0n) is 19.5. The molecule has 0 saturated heterocycles.